The first kappa shape index (κ1) is 11.9. The molecule has 1 aromatic heterocycles. The molecule has 2 unspecified atom stereocenters. The van der Waals surface area contributed by atoms with E-state index in [1.165, 1.54) is 0 Å². The molecule has 0 amide bonds. The lowest BCUT2D eigenvalue weighted by molar-refractivity contribution is 0.168. The zero-order valence-electron chi connectivity index (χ0n) is 9.36. The molecule has 0 aliphatic carbocycles. The monoisotopic (exact) mass is 210 g/mol. The molecule has 0 aliphatic heterocycles. The second-order valence-corrected chi connectivity index (χ2v) is 3.73. The Morgan fingerprint density at radius 2 is 2.20 bits per heavy atom. The number of aliphatic hydroxyl groups excluding tert-OH is 1. The molecule has 1 rings (SSSR count). The molecule has 84 valence electrons. The number of hydrogen-bond acceptors (Lipinski definition) is 5. The van der Waals surface area contributed by atoms with Gasteiger partial charge in [-0.15, -0.1) is 0 Å². The van der Waals surface area contributed by atoms with Crippen molar-refractivity contribution in [1.29, 1.82) is 0 Å². The Morgan fingerprint density at radius 3 is 2.80 bits per heavy atom. The van der Waals surface area contributed by atoms with E-state index in [4.69, 9.17) is 5.73 Å². The zero-order valence-corrected chi connectivity index (χ0v) is 9.36. The van der Waals surface area contributed by atoms with E-state index in [1.807, 2.05) is 13.8 Å². The number of nitrogens with one attached hydrogen (secondary N) is 1. The van der Waals surface area contributed by atoms with Gasteiger partial charge < -0.3 is 16.2 Å². The van der Waals surface area contributed by atoms with Crippen LogP contribution in [0.1, 0.15) is 18.3 Å². The molecule has 0 saturated heterocycles. The quantitative estimate of drug-likeness (QED) is 0.661. The van der Waals surface area contributed by atoms with Gasteiger partial charge in [0.05, 0.1) is 17.5 Å². The summed E-state index contributed by atoms with van der Waals surface area (Å²) in [6.07, 6.45) is 1.19. The van der Waals surface area contributed by atoms with Gasteiger partial charge in [0.2, 0.25) is 0 Å². The maximum atomic E-state index is 9.22. The number of aliphatic hydroxyl groups is 1. The van der Waals surface area contributed by atoms with Gasteiger partial charge in [0.15, 0.2) is 0 Å². The first-order chi connectivity index (χ1) is 7.00. The second kappa shape index (κ2) is 5.04. The van der Waals surface area contributed by atoms with Crippen LogP contribution in [0, 0.1) is 13.8 Å². The minimum absolute atomic E-state index is 0.299. The minimum Gasteiger partial charge on any atom is -0.392 e. The molecule has 0 fully saturated rings. The van der Waals surface area contributed by atoms with Crippen molar-refractivity contribution in [2.75, 3.05) is 11.9 Å². The largest absolute Gasteiger partial charge is 0.392 e. The minimum atomic E-state index is -0.532. The Bertz CT molecular complexity index is 327. The maximum absolute atomic E-state index is 9.22. The highest BCUT2D eigenvalue weighted by Crippen LogP contribution is 2.08. The molecule has 0 bridgehead atoms. The summed E-state index contributed by atoms with van der Waals surface area (Å²) in [6.45, 7) is 5.91. The normalized spacial score (nSPS) is 14.7. The van der Waals surface area contributed by atoms with Crippen LogP contribution in [0.2, 0.25) is 0 Å². The van der Waals surface area contributed by atoms with Crippen LogP contribution in [0.25, 0.3) is 0 Å². The van der Waals surface area contributed by atoms with Gasteiger partial charge in [-0.05, 0) is 20.8 Å². The van der Waals surface area contributed by atoms with Crippen molar-refractivity contribution in [2.24, 2.45) is 5.73 Å². The van der Waals surface area contributed by atoms with Crippen LogP contribution in [-0.2, 0) is 0 Å². The summed E-state index contributed by atoms with van der Waals surface area (Å²) in [5.41, 5.74) is 7.38. The molecule has 2 atom stereocenters. The van der Waals surface area contributed by atoms with Crippen molar-refractivity contribution in [3.8, 4) is 0 Å². The van der Waals surface area contributed by atoms with E-state index >= 15 is 0 Å². The molecule has 5 heteroatoms. The molecule has 0 saturated carbocycles. The van der Waals surface area contributed by atoms with Gasteiger partial charge in [-0.2, -0.15) is 0 Å². The highest BCUT2D eigenvalue weighted by atomic mass is 16.3. The smallest absolute Gasteiger partial charge is 0.147 e. The summed E-state index contributed by atoms with van der Waals surface area (Å²) < 4.78 is 0. The predicted molar refractivity (Wildman–Crippen MR) is 59.7 cm³/mol. The third kappa shape index (κ3) is 3.45. The fourth-order valence-corrected chi connectivity index (χ4v) is 1.09. The summed E-state index contributed by atoms with van der Waals surface area (Å²) in [6, 6.07) is -0.299. The number of aryl methyl sites for hydroxylation is 2. The van der Waals surface area contributed by atoms with Gasteiger partial charge in [-0.25, -0.2) is 4.98 Å². The van der Waals surface area contributed by atoms with Crippen LogP contribution in [0.15, 0.2) is 6.20 Å². The molecule has 0 aliphatic rings. The van der Waals surface area contributed by atoms with Crippen LogP contribution < -0.4 is 11.1 Å². The zero-order chi connectivity index (χ0) is 11.4. The maximum Gasteiger partial charge on any atom is 0.147 e. The molecule has 5 nitrogen and oxygen atoms in total. The first-order valence-electron chi connectivity index (χ1n) is 4.98. The van der Waals surface area contributed by atoms with Gasteiger partial charge >= 0.3 is 0 Å². The number of hydrogen-bond donors (Lipinski definition) is 3. The molecule has 15 heavy (non-hydrogen) atoms. The van der Waals surface area contributed by atoms with Crippen molar-refractivity contribution in [3.63, 3.8) is 0 Å². The van der Waals surface area contributed by atoms with Crippen LogP contribution >= 0.6 is 0 Å². The second-order valence-electron chi connectivity index (χ2n) is 3.73. The summed E-state index contributed by atoms with van der Waals surface area (Å²) in [7, 11) is 0. The van der Waals surface area contributed by atoms with E-state index in [9.17, 15) is 5.11 Å². The molecule has 0 aromatic carbocycles. The number of nitrogens with zero attached hydrogens (tertiary/aromatic N) is 2. The van der Waals surface area contributed by atoms with Gasteiger partial charge in [-0.1, -0.05) is 0 Å². The Kier molecular flexibility index (Phi) is 3.99. The molecular formula is C10H18N4O. The molecular weight excluding hydrogens is 192 g/mol. The van der Waals surface area contributed by atoms with Crippen LogP contribution in [0.4, 0.5) is 5.82 Å². The summed E-state index contributed by atoms with van der Waals surface area (Å²) in [4.78, 5) is 8.47. The van der Waals surface area contributed by atoms with Crippen molar-refractivity contribution in [3.05, 3.63) is 17.6 Å². The van der Waals surface area contributed by atoms with E-state index in [0.717, 1.165) is 17.2 Å². The lowest BCUT2D eigenvalue weighted by Crippen LogP contribution is -2.39. The molecule has 0 radical (unpaired) electrons. The number of nitrogens with two attached hydrogens (primary N) is 1. The van der Waals surface area contributed by atoms with E-state index in [-0.39, 0.29) is 6.04 Å². The third-order valence-corrected chi connectivity index (χ3v) is 2.20. The Labute approximate surface area is 89.7 Å². The Balaban J connectivity index is 2.61. The Hall–Kier alpha value is -1.20. The van der Waals surface area contributed by atoms with Crippen molar-refractivity contribution in [1.82, 2.24) is 9.97 Å². The fourth-order valence-electron chi connectivity index (χ4n) is 1.09. The van der Waals surface area contributed by atoms with Crippen LogP contribution in [0.5, 0.6) is 0 Å². The highest BCUT2D eigenvalue weighted by Gasteiger charge is 2.10. The molecule has 1 heterocycles. The number of rotatable bonds is 4. The van der Waals surface area contributed by atoms with Crippen molar-refractivity contribution in [2.45, 2.75) is 32.9 Å². The molecule has 1 aromatic rings. The summed E-state index contributed by atoms with van der Waals surface area (Å²) >= 11 is 0. The van der Waals surface area contributed by atoms with Gasteiger partial charge in [-0.3, -0.25) is 4.98 Å². The number of anilines is 1. The van der Waals surface area contributed by atoms with E-state index in [2.05, 4.69) is 15.3 Å². The highest BCUT2D eigenvalue weighted by molar-refractivity contribution is 5.39. The van der Waals surface area contributed by atoms with Crippen LogP contribution in [-0.4, -0.2) is 33.8 Å². The van der Waals surface area contributed by atoms with Gasteiger partial charge in [0.25, 0.3) is 0 Å². The van der Waals surface area contributed by atoms with Gasteiger partial charge in [0, 0.05) is 18.8 Å². The summed E-state index contributed by atoms with van der Waals surface area (Å²) in [5, 5.41) is 12.3. The van der Waals surface area contributed by atoms with E-state index in [0.29, 0.717) is 6.54 Å². The van der Waals surface area contributed by atoms with Crippen LogP contribution in [0.3, 0.4) is 0 Å². The molecule has 4 N–H and O–H groups in total. The average molecular weight is 210 g/mol. The molecule has 0 spiro atoms. The lowest BCUT2D eigenvalue weighted by Gasteiger charge is -2.16. The first-order valence-corrected chi connectivity index (χ1v) is 4.98. The fraction of sp³-hybridized carbons (Fsp3) is 0.600. The van der Waals surface area contributed by atoms with Gasteiger partial charge in [0.1, 0.15) is 5.82 Å². The third-order valence-electron chi connectivity index (χ3n) is 2.20. The van der Waals surface area contributed by atoms with E-state index in [1.54, 1.807) is 13.1 Å². The topological polar surface area (TPSA) is 84.1 Å². The average Bonchev–Trinajstić information content (AvgIpc) is 2.18. The lowest BCUT2D eigenvalue weighted by atomic mass is 10.2. The standard InChI is InChI=1S/C10H18N4O/c1-6-4-12-7(2)10(14-6)13-5-9(11)8(3)15/h4,8-9,15H,5,11H2,1-3H3,(H,13,14). The SMILES string of the molecule is Cc1cnc(C)c(NCC(N)C(C)O)n1. The predicted octanol–water partition coefficient (Wildman–Crippen LogP) is 0.213. The number of aromatic nitrogens is 2. The Morgan fingerprint density at radius 1 is 1.53 bits per heavy atom. The van der Waals surface area contributed by atoms with Crippen molar-refractivity contribution < 1.29 is 5.11 Å². The summed E-state index contributed by atoms with van der Waals surface area (Å²) in [5.74, 6) is 0.728. The van der Waals surface area contributed by atoms with Crippen molar-refractivity contribution >= 4 is 5.82 Å². The van der Waals surface area contributed by atoms with E-state index < -0.39 is 6.10 Å².